The Balaban J connectivity index is 2.95. The van der Waals surface area contributed by atoms with E-state index in [4.69, 9.17) is 4.74 Å². The number of nitrogens with one attached hydrogen (secondary N) is 2. The molecule has 0 radical (unpaired) electrons. The quantitative estimate of drug-likeness (QED) is 0.724. The van der Waals surface area contributed by atoms with E-state index in [0.717, 1.165) is 5.69 Å². The molecule has 1 atom stereocenters. The summed E-state index contributed by atoms with van der Waals surface area (Å²) in [6, 6.07) is 1.77. The summed E-state index contributed by atoms with van der Waals surface area (Å²) in [6.45, 7) is 7.06. The topological polar surface area (TPSA) is 72.4 Å². The van der Waals surface area contributed by atoms with Crippen molar-refractivity contribution in [3.63, 3.8) is 0 Å². The number of aromatic nitrogens is 1. The zero-order chi connectivity index (χ0) is 16.0. The van der Waals surface area contributed by atoms with Gasteiger partial charge in [0.1, 0.15) is 0 Å². The van der Waals surface area contributed by atoms with Crippen molar-refractivity contribution in [3.05, 3.63) is 18.0 Å². The fourth-order valence-corrected chi connectivity index (χ4v) is 3.46. The highest BCUT2D eigenvalue weighted by Gasteiger charge is 2.21. The van der Waals surface area contributed by atoms with Gasteiger partial charge in [0.2, 0.25) is 10.0 Å². The molecule has 1 aromatic rings. The van der Waals surface area contributed by atoms with Crippen LogP contribution in [-0.4, -0.2) is 39.8 Å². The van der Waals surface area contributed by atoms with E-state index in [1.165, 1.54) is 0 Å². The van der Waals surface area contributed by atoms with Gasteiger partial charge in [0, 0.05) is 44.2 Å². The summed E-state index contributed by atoms with van der Waals surface area (Å²) in [5.41, 5.74) is 0.956. The minimum absolute atomic E-state index is 0.162. The molecule has 0 saturated carbocycles. The Hall–Kier alpha value is -0.890. The van der Waals surface area contributed by atoms with Crippen LogP contribution in [0.2, 0.25) is 0 Å². The molecule has 6 nitrogen and oxygen atoms in total. The maximum Gasteiger partial charge on any atom is 0.242 e. The average molecular weight is 317 g/mol. The van der Waals surface area contributed by atoms with Crippen LogP contribution in [0.15, 0.2) is 17.2 Å². The first-order valence-corrected chi connectivity index (χ1v) is 8.66. The van der Waals surface area contributed by atoms with Crippen LogP contribution in [0.4, 0.5) is 0 Å². The standard InChI is InChI=1S/C14H27N3O3S/c1-11(2)17-10-14(8-13(17)9-15-4)21(18,19)16-12(3)6-7-20-5/h8,10-12,15-16H,6-7,9H2,1-5H3. The zero-order valence-electron chi connectivity index (χ0n) is 13.5. The number of rotatable bonds is 9. The Kier molecular flexibility index (Phi) is 6.86. The lowest BCUT2D eigenvalue weighted by Crippen LogP contribution is -2.33. The van der Waals surface area contributed by atoms with Gasteiger partial charge in [-0.25, -0.2) is 13.1 Å². The number of methoxy groups -OCH3 is 1. The molecular formula is C14H27N3O3S. The fourth-order valence-electron chi connectivity index (χ4n) is 2.13. The molecule has 0 aliphatic heterocycles. The molecule has 2 N–H and O–H groups in total. The second-order valence-corrected chi connectivity index (χ2v) is 7.22. The van der Waals surface area contributed by atoms with Crippen LogP contribution < -0.4 is 10.0 Å². The Morgan fingerprint density at radius 2 is 2.00 bits per heavy atom. The number of ether oxygens (including phenoxy) is 1. The molecule has 122 valence electrons. The molecule has 1 unspecified atom stereocenters. The number of hydrogen-bond donors (Lipinski definition) is 2. The van der Waals surface area contributed by atoms with Crippen LogP contribution in [-0.2, 0) is 21.3 Å². The maximum absolute atomic E-state index is 12.4. The predicted molar refractivity (Wildman–Crippen MR) is 83.9 cm³/mol. The Bertz CT molecular complexity index is 538. The summed E-state index contributed by atoms with van der Waals surface area (Å²) in [5.74, 6) is 0. The Morgan fingerprint density at radius 3 is 2.52 bits per heavy atom. The van der Waals surface area contributed by atoms with Gasteiger partial charge in [-0.05, 0) is 40.3 Å². The van der Waals surface area contributed by atoms with E-state index in [1.54, 1.807) is 19.4 Å². The van der Waals surface area contributed by atoms with Crippen molar-refractivity contribution in [1.29, 1.82) is 0 Å². The van der Waals surface area contributed by atoms with Gasteiger partial charge in [0.05, 0.1) is 4.90 Å². The Morgan fingerprint density at radius 1 is 1.33 bits per heavy atom. The summed E-state index contributed by atoms with van der Waals surface area (Å²) in [4.78, 5) is 0.311. The van der Waals surface area contributed by atoms with E-state index >= 15 is 0 Å². The summed E-state index contributed by atoms with van der Waals surface area (Å²) in [7, 11) is -0.0483. The van der Waals surface area contributed by atoms with Crippen molar-refractivity contribution in [2.75, 3.05) is 20.8 Å². The third kappa shape index (κ3) is 5.10. The van der Waals surface area contributed by atoms with Gasteiger partial charge >= 0.3 is 0 Å². The molecule has 0 amide bonds. The van der Waals surface area contributed by atoms with Gasteiger partial charge in [-0.1, -0.05) is 0 Å². The lowest BCUT2D eigenvalue weighted by Gasteiger charge is -2.13. The predicted octanol–water partition coefficient (Wildman–Crippen LogP) is 1.49. The molecule has 0 aliphatic rings. The van der Waals surface area contributed by atoms with E-state index in [0.29, 0.717) is 24.5 Å². The van der Waals surface area contributed by atoms with Crippen molar-refractivity contribution in [2.45, 2.75) is 50.7 Å². The molecule has 0 bridgehead atoms. The number of nitrogens with zero attached hydrogens (tertiary/aromatic N) is 1. The Labute approximate surface area is 127 Å². The van der Waals surface area contributed by atoms with Crippen LogP contribution in [0.3, 0.4) is 0 Å². The minimum atomic E-state index is -3.50. The van der Waals surface area contributed by atoms with Crippen LogP contribution in [0.5, 0.6) is 0 Å². The van der Waals surface area contributed by atoms with E-state index in [9.17, 15) is 8.42 Å². The number of hydrogen-bond acceptors (Lipinski definition) is 4. The SMILES string of the molecule is CNCc1cc(S(=O)(=O)NC(C)CCOC)cn1C(C)C. The van der Waals surface area contributed by atoms with Gasteiger partial charge in [-0.15, -0.1) is 0 Å². The van der Waals surface area contributed by atoms with Crippen molar-refractivity contribution in [1.82, 2.24) is 14.6 Å². The van der Waals surface area contributed by atoms with Crippen LogP contribution in [0.25, 0.3) is 0 Å². The van der Waals surface area contributed by atoms with Gasteiger partial charge in [-0.3, -0.25) is 0 Å². The second kappa shape index (κ2) is 7.93. The molecule has 1 rings (SSSR count). The van der Waals surface area contributed by atoms with Crippen molar-refractivity contribution >= 4 is 10.0 Å². The smallest absolute Gasteiger partial charge is 0.242 e. The lowest BCUT2D eigenvalue weighted by molar-refractivity contribution is 0.188. The molecule has 0 spiro atoms. The molecule has 0 aromatic carbocycles. The van der Waals surface area contributed by atoms with E-state index in [-0.39, 0.29) is 12.1 Å². The first-order chi connectivity index (χ1) is 9.81. The molecule has 0 aliphatic carbocycles. The molecule has 0 fully saturated rings. The fraction of sp³-hybridized carbons (Fsp3) is 0.714. The average Bonchev–Trinajstić information content (AvgIpc) is 2.81. The summed E-state index contributed by atoms with van der Waals surface area (Å²) >= 11 is 0. The van der Waals surface area contributed by atoms with Gasteiger partial charge < -0.3 is 14.6 Å². The minimum Gasteiger partial charge on any atom is -0.385 e. The molecule has 0 saturated heterocycles. The zero-order valence-corrected chi connectivity index (χ0v) is 14.3. The van der Waals surface area contributed by atoms with Crippen LogP contribution in [0.1, 0.15) is 38.9 Å². The molecular weight excluding hydrogens is 290 g/mol. The maximum atomic E-state index is 12.4. The van der Waals surface area contributed by atoms with Crippen LogP contribution >= 0.6 is 0 Å². The number of sulfonamides is 1. The largest absolute Gasteiger partial charge is 0.385 e. The van der Waals surface area contributed by atoms with Crippen molar-refractivity contribution in [3.8, 4) is 0 Å². The summed E-state index contributed by atoms with van der Waals surface area (Å²) < 4.78 is 34.5. The normalized spacial score (nSPS) is 13.8. The molecule has 1 heterocycles. The lowest BCUT2D eigenvalue weighted by atomic mass is 10.3. The molecule has 1 aromatic heterocycles. The third-order valence-corrected chi connectivity index (χ3v) is 4.80. The highest BCUT2D eigenvalue weighted by atomic mass is 32.2. The second-order valence-electron chi connectivity index (χ2n) is 5.50. The molecule has 7 heteroatoms. The molecule has 21 heavy (non-hydrogen) atoms. The van der Waals surface area contributed by atoms with E-state index in [1.807, 2.05) is 32.4 Å². The first-order valence-electron chi connectivity index (χ1n) is 7.18. The van der Waals surface area contributed by atoms with Crippen molar-refractivity contribution < 1.29 is 13.2 Å². The van der Waals surface area contributed by atoms with E-state index in [2.05, 4.69) is 10.0 Å². The highest BCUT2D eigenvalue weighted by molar-refractivity contribution is 7.89. The monoisotopic (exact) mass is 317 g/mol. The van der Waals surface area contributed by atoms with Gasteiger partial charge in [-0.2, -0.15) is 0 Å². The third-order valence-electron chi connectivity index (χ3n) is 3.24. The summed E-state index contributed by atoms with van der Waals surface area (Å²) in [6.07, 6.45) is 2.34. The van der Waals surface area contributed by atoms with Gasteiger partial charge in [0.25, 0.3) is 0 Å². The van der Waals surface area contributed by atoms with Gasteiger partial charge in [0.15, 0.2) is 0 Å². The first kappa shape index (κ1) is 18.2. The van der Waals surface area contributed by atoms with Crippen LogP contribution in [0, 0.1) is 0 Å². The van der Waals surface area contributed by atoms with E-state index < -0.39 is 10.0 Å². The highest BCUT2D eigenvalue weighted by Crippen LogP contribution is 2.19. The van der Waals surface area contributed by atoms with Crippen molar-refractivity contribution in [2.24, 2.45) is 0 Å². The summed E-state index contributed by atoms with van der Waals surface area (Å²) in [5, 5.41) is 3.06.